The standard InChI is InChI=1S/C28H35FN6OS/c1-6-19(15-36)12-17(2)32-25-24(26-34-22-14-30-11-10-23(22)37-26)18(3)33-27(35-25)31-16-28(4,5)20-8-7-9-21(29)13-20/h7-11,13-14,17,19,36H,6,12,15-16H2,1-5H3,(H2,31,32,33,35). The number of benzene rings is 1. The van der Waals surface area contributed by atoms with Gasteiger partial charge < -0.3 is 15.7 Å². The van der Waals surface area contributed by atoms with Crippen LogP contribution in [0.25, 0.3) is 20.8 Å². The van der Waals surface area contributed by atoms with E-state index in [1.807, 2.05) is 19.1 Å². The summed E-state index contributed by atoms with van der Waals surface area (Å²) in [6, 6.07) is 8.72. The number of pyridine rings is 1. The molecule has 0 saturated carbocycles. The van der Waals surface area contributed by atoms with E-state index in [0.29, 0.717) is 18.3 Å². The van der Waals surface area contributed by atoms with Crippen molar-refractivity contribution in [3.63, 3.8) is 0 Å². The molecule has 4 aromatic rings. The average molecular weight is 523 g/mol. The number of thiazole rings is 1. The molecule has 4 rings (SSSR count). The predicted octanol–water partition coefficient (Wildman–Crippen LogP) is 6.19. The van der Waals surface area contributed by atoms with Crippen LogP contribution in [0.2, 0.25) is 0 Å². The highest BCUT2D eigenvalue weighted by Gasteiger charge is 2.24. The molecule has 7 nitrogen and oxygen atoms in total. The molecule has 3 heterocycles. The molecular formula is C28H35FN6OS. The van der Waals surface area contributed by atoms with Crippen LogP contribution in [0.1, 0.15) is 51.8 Å². The average Bonchev–Trinajstić information content (AvgIpc) is 3.29. The number of aryl methyl sites for hydroxylation is 1. The van der Waals surface area contributed by atoms with E-state index in [4.69, 9.17) is 15.0 Å². The van der Waals surface area contributed by atoms with Crippen molar-refractivity contribution in [1.29, 1.82) is 0 Å². The lowest BCUT2D eigenvalue weighted by molar-refractivity contribution is 0.211. The van der Waals surface area contributed by atoms with E-state index in [2.05, 4.69) is 43.3 Å². The molecule has 0 aliphatic heterocycles. The molecule has 0 amide bonds. The van der Waals surface area contributed by atoms with Gasteiger partial charge in [-0.2, -0.15) is 4.98 Å². The molecule has 0 radical (unpaired) electrons. The molecule has 0 fully saturated rings. The third kappa shape index (κ3) is 6.40. The number of anilines is 2. The van der Waals surface area contributed by atoms with Crippen LogP contribution >= 0.6 is 11.3 Å². The number of aliphatic hydroxyl groups is 1. The minimum absolute atomic E-state index is 0.0813. The first-order chi connectivity index (χ1) is 17.7. The lowest BCUT2D eigenvalue weighted by atomic mass is 9.84. The highest BCUT2D eigenvalue weighted by atomic mass is 32.1. The lowest BCUT2D eigenvalue weighted by Crippen LogP contribution is -2.29. The Labute approximate surface area is 221 Å². The first kappa shape index (κ1) is 26.9. The van der Waals surface area contributed by atoms with E-state index in [1.165, 1.54) is 6.07 Å². The molecule has 1 aromatic carbocycles. The molecule has 2 unspecified atom stereocenters. The zero-order chi connectivity index (χ0) is 26.6. The fourth-order valence-electron chi connectivity index (χ4n) is 4.37. The first-order valence-corrected chi connectivity index (χ1v) is 13.5. The van der Waals surface area contributed by atoms with Crippen molar-refractivity contribution in [2.45, 2.75) is 58.9 Å². The molecule has 0 aliphatic carbocycles. The predicted molar refractivity (Wildman–Crippen MR) is 150 cm³/mol. The number of nitrogens with zero attached hydrogens (tertiary/aromatic N) is 4. The van der Waals surface area contributed by atoms with E-state index in [1.54, 1.807) is 35.9 Å². The highest BCUT2D eigenvalue weighted by Crippen LogP contribution is 2.36. The summed E-state index contributed by atoms with van der Waals surface area (Å²) >= 11 is 1.58. The number of fused-ring (bicyclic) bond motifs is 1. The maximum atomic E-state index is 13.8. The van der Waals surface area contributed by atoms with Gasteiger partial charge in [-0.1, -0.05) is 39.3 Å². The van der Waals surface area contributed by atoms with E-state index in [-0.39, 0.29) is 29.8 Å². The van der Waals surface area contributed by atoms with Gasteiger partial charge in [0.05, 0.1) is 22.2 Å². The Bertz CT molecular complexity index is 1320. The SMILES string of the molecule is CCC(CO)CC(C)Nc1nc(NCC(C)(C)c2cccc(F)c2)nc(C)c1-c1nc2cnccc2s1. The van der Waals surface area contributed by atoms with Gasteiger partial charge in [0.1, 0.15) is 22.2 Å². The summed E-state index contributed by atoms with van der Waals surface area (Å²) in [6.07, 6.45) is 5.25. The van der Waals surface area contributed by atoms with E-state index in [9.17, 15) is 9.50 Å². The van der Waals surface area contributed by atoms with Crippen LogP contribution in [0.5, 0.6) is 0 Å². The van der Waals surface area contributed by atoms with Gasteiger partial charge in [-0.3, -0.25) is 4.98 Å². The van der Waals surface area contributed by atoms with Crippen LogP contribution < -0.4 is 10.6 Å². The molecule has 0 spiro atoms. The van der Waals surface area contributed by atoms with Crippen LogP contribution in [0, 0.1) is 18.7 Å². The normalized spacial score (nSPS) is 13.5. The lowest BCUT2D eigenvalue weighted by Gasteiger charge is -2.26. The Morgan fingerprint density at radius 2 is 1.97 bits per heavy atom. The van der Waals surface area contributed by atoms with Gasteiger partial charge in [0.2, 0.25) is 5.95 Å². The quantitative estimate of drug-likeness (QED) is 0.216. The van der Waals surface area contributed by atoms with Crippen LogP contribution in [-0.2, 0) is 5.41 Å². The summed E-state index contributed by atoms with van der Waals surface area (Å²) in [4.78, 5) is 18.6. The topological polar surface area (TPSA) is 95.8 Å². The van der Waals surface area contributed by atoms with Crippen molar-refractivity contribution < 1.29 is 9.50 Å². The number of hydrogen-bond acceptors (Lipinski definition) is 8. The molecule has 0 saturated heterocycles. The molecule has 0 bridgehead atoms. The smallest absolute Gasteiger partial charge is 0.224 e. The van der Waals surface area contributed by atoms with Gasteiger partial charge in [-0.15, -0.1) is 11.3 Å². The summed E-state index contributed by atoms with van der Waals surface area (Å²) in [7, 11) is 0. The first-order valence-electron chi connectivity index (χ1n) is 12.7. The zero-order valence-electron chi connectivity index (χ0n) is 22.0. The van der Waals surface area contributed by atoms with Crippen molar-refractivity contribution in [3.05, 3.63) is 59.8 Å². The number of halogens is 1. The number of aliphatic hydroxyl groups excluding tert-OH is 1. The van der Waals surface area contributed by atoms with Gasteiger partial charge in [-0.05, 0) is 49.9 Å². The second-order valence-electron chi connectivity index (χ2n) is 10.2. The number of hydrogen-bond donors (Lipinski definition) is 3. The Kier molecular flexibility index (Phi) is 8.34. The van der Waals surface area contributed by atoms with Crippen molar-refractivity contribution in [1.82, 2.24) is 19.9 Å². The Morgan fingerprint density at radius 3 is 2.68 bits per heavy atom. The van der Waals surface area contributed by atoms with Crippen molar-refractivity contribution in [2.75, 3.05) is 23.8 Å². The molecular weight excluding hydrogens is 487 g/mol. The van der Waals surface area contributed by atoms with Crippen LogP contribution in [0.3, 0.4) is 0 Å². The highest BCUT2D eigenvalue weighted by molar-refractivity contribution is 7.21. The molecule has 2 atom stereocenters. The maximum absolute atomic E-state index is 13.8. The number of nitrogens with one attached hydrogen (secondary N) is 2. The molecule has 196 valence electrons. The van der Waals surface area contributed by atoms with Gasteiger partial charge >= 0.3 is 0 Å². The third-order valence-corrected chi connectivity index (χ3v) is 7.75. The number of aromatic nitrogens is 4. The van der Waals surface area contributed by atoms with Crippen molar-refractivity contribution in [3.8, 4) is 10.6 Å². The fraction of sp³-hybridized carbons (Fsp3) is 0.429. The van der Waals surface area contributed by atoms with E-state index in [0.717, 1.165) is 44.9 Å². The summed E-state index contributed by atoms with van der Waals surface area (Å²) in [5.41, 5.74) is 3.07. The number of rotatable bonds is 11. The minimum atomic E-state index is -0.339. The van der Waals surface area contributed by atoms with E-state index >= 15 is 0 Å². The monoisotopic (exact) mass is 522 g/mol. The fourth-order valence-corrected chi connectivity index (χ4v) is 5.40. The summed E-state index contributed by atoms with van der Waals surface area (Å²) in [5, 5.41) is 17.5. The van der Waals surface area contributed by atoms with E-state index < -0.39 is 0 Å². The summed E-state index contributed by atoms with van der Waals surface area (Å²) in [6.45, 7) is 11.0. The minimum Gasteiger partial charge on any atom is -0.396 e. The Morgan fingerprint density at radius 1 is 1.16 bits per heavy atom. The third-order valence-electron chi connectivity index (χ3n) is 6.69. The molecule has 37 heavy (non-hydrogen) atoms. The molecule has 9 heteroatoms. The maximum Gasteiger partial charge on any atom is 0.224 e. The van der Waals surface area contributed by atoms with Gasteiger partial charge in [0.25, 0.3) is 0 Å². The zero-order valence-corrected chi connectivity index (χ0v) is 22.9. The van der Waals surface area contributed by atoms with Gasteiger partial charge in [0, 0.05) is 30.8 Å². The summed E-state index contributed by atoms with van der Waals surface area (Å²) in [5.74, 6) is 1.16. The largest absolute Gasteiger partial charge is 0.396 e. The molecule has 0 aliphatic rings. The van der Waals surface area contributed by atoms with Crippen LogP contribution in [0.15, 0.2) is 42.7 Å². The van der Waals surface area contributed by atoms with Gasteiger partial charge in [-0.25, -0.2) is 14.4 Å². The van der Waals surface area contributed by atoms with Crippen molar-refractivity contribution >= 4 is 33.3 Å². The van der Waals surface area contributed by atoms with Gasteiger partial charge in [0.15, 0.2) is 0 Å². The molecule has 3 aromatic heterocycles. The Hall–Kier alpha value is -3.17. The second kappa shape index (κ2) is 11.5. The summed E-state index contributed by atoms with van der Waals surface area (Å²) < 4.78 is 14.9. The van der Waals surface area contributed by atoms with Crippen LogP contribution in [-0.4, -0.2) is 44.2 Å². The van der Waals surface area contributed by atoms with Crippen LogP contribution in [0.4, 0.5) is 16.2 Å². The molecule has 3 N–H and O–H groups in total. The van der Waals surface area contributed by atoms with Crippen molar-refractivity contribution in [2.24, 2.45) is 5.92 Å². The second-order valence-corrected chi connectivity index (χ2v) is 11.2. The Balaban J connectivity index is 1.66.